The average Bonchev–Trinajstić information content (AvgIpc) is 2.35. The molecule has 0 bridgehead atoms. The molecule has 100 valence electrons. The molecule has 0 N–H and O–H groups in total. The predicted octanol–water partition coefficient (Wildman–Crippen LogP) is 2.79. The van der Waals surface area contributed by atoms with E-state index in [0.717, 1.165) is 27.4 Å². The number of alkyl halides is 3. The van der Waals surface area contributed by atoms with Crippen molar-refractivity contribution >= 4 is 11.0 Å². The highest BCUT2D eigenvalue weighted by Gasteiger charge is 2.42. The van der Waals surface area contributed by atoms with Crippen LogP contribution in [0.1, 0.15) is 23.6 Å². The van der Waals surface area contributed by atoms with Gasteiger partial charge in [0.25, 0.3) is 0 Å². The molecule has 2 rings (SSSR count). The van der Waals surface area contributed by atoms with Gasteiger partial charge in [-0.2, -0.15) is 13.2 Å². The fourth-order valence-electron chi connectivity index (χ4n) is 2.09. The molecule has 1 atom stereocenters. The second-order valence-corrected chi connectivity index (χ2v) is 5.74. The molecule has 0 aromatic heterocycles. The van der Waals surface area contributed by atoms with E-state index in [-0.39, 0.29) is 13.1 Å². The summed E-state index contributed by atoms with van der Waals surface area (Å²) in [5, 5.41) is 0. The average molecular weight is 277 g/mol. The second-order valence-electron chi connectivity index (χ2n) is 4.27. The Bertz CT molecular complexity index is 473. The first kappa shape index (κ1) is 13.5. The lowest BCUT2D eigenvalue weighted by Crippen LogP contribution is -2.38. The van der Waals surface area contributed by atoms with E-state index in [1.165, 1.54) is 0 Å². The molecule has 0 radical (unpaired) electrons. The fraction of sp³-hybridized carbons (Fsp3) is 0.500. The molecular formula is C12H14F3NOS. The van der Waals surface area contributed by atoms with Crippen molar-refractivity contribution in [2.75, 3.05) is 6.54 Å². The van der Waals surface area contributed by atoms with Crippen LogP contribution in [0, 0.1) is 0 Å². The van der Waals surface area contributed by atoms with Crippen LogP contribution in [0.4, 0.5) is 13.2 Å². The lowest BCUT2D eigenvalue weighted by molar-refractivity contribution is -0.0431. The normalized spacial score (nSPS) is 18.4. The highest BCUT2D eigenvalue weighted by atomic mass is 32.2. The minimum atomic E-state index is -4.67. The van der Waals surface area contributed by atoms with Gasteiger partial charge >= 0.3 is 5.51 Å². The Hall–Kier alpha value is -0.880. The summed E-state index contributed by atoms with van der Waals surface area (Å²) in [6.45, 7) is 2.29. The van der Waals surface area contributed by atoms with Crippen LogP contribution in [0.5, 0.6) is 0 Å². The van der Waals surface area contributed by atoms with Gasteiger partial charge < -0.3 is 0 Å². The smallest absolute Gasteiger partial charge is 0.233 e. The van der Waals surface area contributed by atoms with Gasteiger partial charge in [-0.1, -0.05) is 25.1 Å². The van der Waals surface area contributed by atoms with Crippen LogP contribution in [0.3, 0.4) is 0 Å². The molecule has 1 aromatic rings. The minimum absolute atomic E-state index is 0.106. The summed E-state index contributed by atoms with van der Waals surface area (Å²) >= 11 is 0. The Morgan fingerprint density at radius 1 is 1.33 bits per heavy atom. The quantitative estimate of drug-likeness (QED) is 0.814. The molecule has 0 amide bonds. The molecule has 1 aliphatic rings. The molecule has 2 nitrogen and oxygen atoms in total. The van der Waals surface area contributed by atoms with Crippen LogP contribution in [0.15, 0.2) is 18.2 Å². The number of benzene rings is 1. The molecule has 0 aliphatic carbocycles. The van der Waals surface area contributed by atoms with Gasteiger partial charge in [0.15, 0.2) is 0 Å². The van der Waals surface area contributed by atoms with Gasteiger partial charge in [-0.15, -0.1) is 0 Å². The van der Waals surface area contributed by atoms with E-state index in [1.54, 1.807) is 0 Å². The van der Waals surface area contributed by atoms with Gasteiger partial charge in [0.05, 0.1) is 0 Å². The van der Waals surface area contributed by atoms with Crippen LogP contribution in [-0.2, 0) is 30.4 Å². The molecular weight excluding hydrogens is 263 g/mol. The Morgan fingerprint density at radius 3 is 2.67 bits per heavy atom. The van der Waals surface area contributed by atoms with E-state index in [2.05, 4.69) is 0 Å². The first-order valence-corrected chi connectivity index (χ1v) is 6.87. The van der Waals surface area contributed by atoms with E-state index in [0.29, 0.717) is 6.42 Å². The monoisotopic (exact) mass is 277 g/mol. The molecule has 18 heavy (non-hydrogen) atoms. The molecule has 0 fully saturated rings. The van der Waals surface area contributed by atoms with Crippen molar-refractivity contribution in [3.63, 3.8) is 0 Å². The number of aryl methyl sites for hydroxylation is 1. The molecule has 1 aliphatic heterocycles. The lowest BCUT2D eigenvalue weighted by atomic mass is 9.98. The van der Waals surface area contributed by atoms with Crippen molar-refractivity contribution < 1.29 is 17.4 Å². The third-order valence-corrected chi connectivity index (χ3v) is 4.27. The lowest BCUT2D eigenvalue weighted by Gasteiger charge is -2.28. The number of rotatable bonds is 2. The number of nitrogens with zero attached hydrogens (tertiary/aromatic N) is 1. The van der Waals surface area contributed by atoms with Gasteiger partial charge in [0.2, 0.25) is 11.0 Å². The first-order valence-electron chi connectivity index (χ1n) is 5.76. The van der Waals surface area contributed by atoms with Crippen LogP contribution >= 0.6 is 0 Å². The Kier molecular flexibility index (Phi) is 3.77. The van der Waals surface area contributed by atoms with E-state index in [1.807, 2.05) is 25.1 Å². The summed E-state index contributed by atoms with van der Waals surface area (Å²) < 4.78 is 49.5. The van der Waals surface area contributed by atoms with Crippen LogP contribution < -0.4 is 0 Å². The van der Waals surface area contributed by atoms with Crippen LogP contribution in [-0.4, -0.2) is 20.6 Å². The molecule has 0 saturated heterocycles. The third kappa shape index (κ3) is 2.75. The van der Waals surface area contributed by atoms with E-state index < -0.39 is 16.5 Å². The van der Waals surface area contributed by atoms with Crippen molar-refractivity contribution in [2.45, 2.75) is 31.8 Å². The van der Waals surface area contributed by atoms with E-state index in [4.69, 9.17) is 0 Å². The largest absolute Gasteiger partial charge is 0.485 e. The highest BCUT2D eigenvalue weighted by molar-refractivity contribution is 7.83. The molecule has 0 spiro atoms. The van der Waals surface area contributed by atoms with Crippen LogP contribution in [0.2, 0.25) is 0 Å². The molecule has 0 saturated carbocycles. The second kappa shape index (κ2) is 5.01. The van der Waals surface area contributed by atoms with E-state index in [9.17, 15) is 17.4 Å². The fourth-order valence-corrected chi connectivity index (χ4v) is 2.90. The Morgan fingerprint density at radius 2 is 2.06 bits per heavy atom. The summed E-state index contributed by atoms with van der Waals surface area (Å²) in [6, 6.07) is 5.87. The van der Waals surface area contributed by atoms with Crippen molar-refractivity contribution in [3.8, 4) is 0 Å². The maximum atomic E-state index is 12.4. The Labute approximate surface area is 106 Å². The van der Waals surface area contributed by atoms with Crippen molar-refractivity contribution in [1.29, 1.82) is 0 Å². The highest BCUT2D eigenvalue weighted by Crippen LogP contribution is 2.28. The van der Waals surface area contributed by atoms with E-state index >= 15 is 0 Å². The maximum absolute atomic E-state index is 12.4. The minimum Gasteiger partial charge on any atom is -0.233 e. The predicted molar refractivity (Wildman–Crippen MR) is 64.1 cm³/mol. The summed E-state index contributed by atoms with van der Waals surface area (Å²) in [7, 11) is -2.91. The third-order valence-electron chi connectivity index (χ3n) is 3.09. The zero-order valence-electron chi connectivity index (χ0n) is 9.96. The standard InChI is InChI=1S/C12H14F3NOS/c1-2-9-3-4-10-5-6-16(8-11(10)7-9)18(17)12(13,14)15/h3-4,7H,2,5-6,8H2,1H3. The zero-order chi connectivity index (χ0) is 13.3. The van der Waals surface area contributed by atoms with Crippen molar-refractivity contribution in [3.05, 3.63) is 34.9 Å². The molecule has 1 heterocycles. The topological polar surface area (TPSA) is 20.3 Å². The van der Waals surface area contributed by atoms with Gasteiger partial charge in [-0.3, -0.25) is 0 Å². The first-order chi connectivity index (χ1) is 8.41. The summed E-state index contributed by atoms with van der Waals surface area (Å²) in [6.07, 6.45) is 1.36. The molecule has 1 aromatic carbocycles. The summed E-state index contributed by atoms with van der Waals surface area (Å²) in [5.41, 5.74) is -1.66. The number of hydrogen-bond acceptors (Lipinski definition) is 1. The van der Waals surface area contributed by atoms with Gasteiger partial charge in [-0.05, 0) is 29.5 Å². The van der Waals surface area contributed by atoms with Gasteiger partial charge in [0, 0.05) is 13.1 Å². The molecule has 1 unspecified atom stereocenters. The maximum Gasteiger partial charge on any atom is 0.485 e. The number of hydrogen-bond donors (Lipinski definition) is 0. The van der Waals surface area contributed by atoms with Gasteiger partial charge in [-0.25, -0.2) is 8.51 Å². The zero-order valence-corrected chi connectivity index (χ0v) is 10.8. The van der Waals surface area contributed by atoms with Gasteiger partial charge in [0.1, 0.15) is 0 Å². The SMILES string of the molecule is CCc1ccc2c(c1)CN(S(=O)C(F)(F)F)CC2. The van der Waals surface area contributed by atoms with Crippen LogP contribution in [0.25, 0.3) is 0 Å². The summed E-state index contributed by atoms with van der Waals surface area (Å²) in [4.78, 5) is 0. The number of halogens is 3. The van der Waals surface area contributed by atoms with Crippen molar-refractivity contribution in [2.24, 2.45) is 0 Å². The van der Waals surface area contributed by atoms with Crippen molar-refractivity contribution in [1.82, 2.24) is 4.31 Å². The Balaban J connectivity index is 2.21. The number of fused-ring (bicyclic) bond motifs is 1. The summed E-state index contributed by atoms with van der Waals surface area (Å²) in [5.74, 6) is 0. The molecule has 6 heteroatoms.